The van der Waals surface area contributed by atoms with E-state index in [4.69, 9.17) is 4.74 Å². The third-order valence-corrected chi connectivity index (χ3v) is 2.21. The van der Waals surface area contributed by atoms with Crippen LogP contribution in [0.1, 0.15) is 30.1 Å². The summed E-state index contributed by atoms with van der Waals surface area (Å²) in [6, 6.07) is 5.03. The number of Topliss-reactive ketones (excluding diaryl/α,β-unsaturated/α-hetero) is 1. The summed E-state index contributed by atoms with van der Waals surface area (Å²) >= 11 is 0. The molecule has 0 bridgehead atoms. The van der Waals surface area contributed by atoms with E-state index < -0.39 is 12.1 Å². The highest BCUT2D eigenvalue weighted by molar-refractivity contribution is 5.96. The summed E-state index contributed by atoms with van der Waals surface area (Å²) in [6.45, 7) is 2.77. The minimum Gasteiger partial charge on any atom is -0.406 e. The largest absolute Gasteiger partial charge is 0.573 e. The van der Waals surface area contributed by atoms with Crippen LogP contribution in [-0.4, -0.2) is 25.4 Å². The fourth-order valence-electron chi connectivity index (χ4n) is 1.42. The van der Waals surface area contributed by atoms with Crippen LogP contribution in [0.25, 0.3) is 0 Å². The Labute approximate surface area is 109 Å². The Balaban J connectivity index is 2.58. The third-order valence-electron chi connectivity index (χ3n) is 2.21. The van der Waals surface area contributed by atoms with Gasteiger partial charge in [0.25, 0.3) is 0 Å². The Morgan fingerprint density at radius 2 is 2.00 bits per heavy atom. The molecule has 0 spiro atoms. The molecule has 3 nitrogen and oxygen atoms in total. The Kier molecular flexibility index (Phi) is 5.82. The molecule has 1 rings (SSSR count). The molecule has 0 aromatic heterocycles. The molecule has 6 heteroatoms. The SMILES string of the molecule is CCCOCCC(=O)c1cccc(OC(F)(F)F)c1. The third kappa shape index (κ3) is 6.24. The summed E-state index contributed by atoms with van der Waals surface area (Å²) in [6.07, 6.45) is -3.77. The normalized spacial score (nSPS) is 11.4. The van der Waals surface area contributed by atoms with Gasteiger partial charge in [-0.1, -0.05) is 19.1 Å². The van der Waals surface area contributed by atoms with Gasteiger partial charge >= 0.3 is 6.36 Å². The van der Waals surface area contributed by atoms with Crippen molar-refractivity contribution in [3.63, 3.8) is 0 Å². The number of hydrogen-bond donors (Lipinski definition) is 0. The van der Waals surface area contributed by atoms with Gasteiger partial charge in [0, 0.05) is 18.6 Å². The van der Waals surface area contributed by atoms with E-state index in [1.807, 2.05) is 6.92 Å². The Morgan fingerprint density at radius 1 is 1.26 bits per heavy atom. The van der Waals surface area contributed by atoms with E-state index in [1.54, 1.807) is 0 Å². The van der Waals surface area contributed by atoms with Crippen molar-refractivity contribution in [1.82, 2.24) is 0 Å². The van der Waals surface area contributed by atoms with Crippen LogP contribution in [0.15, 0.2) is 24.3 Å². The number of hydrogen-bond acceptors (Lipinski definition) is 3. The first-order valence-electron chi connectivity index (χ1n) is 5.89. The lowest BCUT2D eigenvalue weighted by atomic mass is 10.1. The standard InChI is InChI=1S/C13H15F3O3/c1-2-7-18-8-6-12(17)10-4-3-5-11(9-10)19-13(14,15)16/h3-5,9H,2,6-8H2,1H3. The van der Waals surface area contributed by atoms with Crippen LogP contribution in [-0.2, 0) is 4.74 Å². The maximum atomic E-state index is 12.0. The van der Waals surface area contributed by atoms with Crippen LogP contribution in [0.4, 0.5) is 13.2 Å². The number of ketones is 1. The molecular formula is C13H15F3O3. The zero-order chi connectivity index (χ0) is 14.3. The van der Waals surface area contributed by atoms with E-state index in [-0.39, 0.29) is 24.4 Å². The zero-order valence-electron chi connectivity index (χ0n) is 10.5. The minimum atomic E-state index is -4.76. The number of carbonyl (C=O) groups is 1. The monoisotopic (exact) mass is 276 g/mol. The smallest absolute Gasteiger partial charge is 0.406 e. The van der Waals surface area contributed by atoms with Gasteiger partial charge in [-0.15, -0.1) is 13.2 Å². The molecule has 0 unspecified atom stereocenters. The molecule has 0 saturated heterocycles. The maximum Gasteiger partial charge on any atom is 0.573 e. The predicted octanol–water partition coefficient (Wildman–Crippen LogP) is 3.58. The van der Waals surface area contributed by atoms with Gasteiger partial charge in [-0.3, -0.25) is 4.79 Å². The Hall–Kier alpha value is -1.56. The average molecular weight is 276 g/mol. The van der Waals surface area contributed by atoms with Crippen molar-refractivity contribution in [3.05, 3.63) is 29.8 Å². The number of carbonyl (C=O) groups excluding carboxylic acids is 1. The lowest BCUT2D eigenvalue weighted by Crippen LogP contribution is -2.17. The summed E-state index contributed by atoms with van der Waals surface area (Å²) in [4.78, 5) is 11.7. The van der Waals surface area contributed by atoms with Crippen molar-refractivity contribution in [2.45, 2.75) is 26.1 Å². The van der Waals surface area contributed by atoms with E-state index in [1.165, 1.54) is 12.1 Å². The second kappa shape index (κ2) is 7.13. The number of halogens is 3. The Morgan fingerprint density at radius 3 is 2.63 bits per heavy atom. The molecule has 0 fully saturated rings. The molecule has 0 saturated carbocycles. The molecule has 0 amide bonds. The van der Waals surface area contributed by atoms with Crippen molar-refractivity contribution < 1.29 is 27.4 Å². The zero-order valence-corrected chi connectivity index (χ0v) is 10.5. The first-order chi connectivity index (χ1) is 8.92. The number of alkyl halides is 3. The molecule has 0 aliphatic heterocycles. The average Bonchev–Trinajstić information content (AvgIpc) is 2.32. The number of ether oxygens (including phenoxy) is 2. The fourth-order valence-corrected chi connectivity index (χ4v) is 1.42. The second-order valence-electron chi connectivity index (χ2n) is 3.86. The Bertz CT molecular complexity index is 416. The van der Waals surface area contributed by atoms with Gasteiger partial charge in [0.15, 0.2) is 5.78 Å². The first kappa shape index (κ1) is 15.5. The quantitative estimate of drug-likeness (QED) is 0.564. The van der Waals surface area contributed by atoms with Crippen LogP contribution in [0.2, 0.25) is 0 Å². The van der Waals surface area contributed by atoms with E-state index >= 15 is 0 Å². The molecule has 0 heterocycles. The molecule has 0 aliphatic carbocycles. The lowest BCUT2D eigenvalue weighted by molar-refractivity contribution is -0.274. The molecule has 0 atom stereocenters. The summed E-state index contributed by atoms with van der Waals surface area (Å²) in [5.74, 6) is -0.670. The predicted molar refractivity (Wildman–Crippen MR) is 63.2 cm³/mol. The second-order valence-corrected chi connectivity index (χ2v) is 3.86. The molecule has 1 aromatic carbocycles. The minimum absolute atomic E-state index is 0.134. The van der Waals surface area contributed by atoms with E-state index in [2.05, 4.69) is 4.74 Å². The molecule has 0 aliphatic rings. The van der Waals surface area contributed by atoms with Gasteiger partial charge < -0.3 is 9.47 Å². The van der Waals surface area contributed by atoms with Crippen LogP contribution in [0.5, 0.6) is 5.75 Å². The van der Waals surface area contributed by atoms with Gasteiger partial charge in [-0.25, -0.2) is 0 Å². The van der Waals surface area contributed by atoms with E-state index in [0.29, 0.717) is 6.61 Å². The highest BCUT2D eigenvalue weighted by atomic mass is 19.4. The summed E-state index contributed by atoms with van der Waals surface area (Å²) in [5.41, 5.74) is 0.182. The molecule has 19 heavy (non-hydrogen) atoms. The van der Waals surface area contributed by atoms with Gasteiger partial charge in [0.05, 0.1) is 6.61 Å². The van der Waals surface area contributed by atoms with Gasteiger partial charge in [-0.05, 0) is 18.6 Å². The fraction of sp³-hybridized carbons (Fsp3) is 0.462. The lowest BCUT2D eigenvalue weighted by Gasteiger charge is -2.09. The van der Waals surface area contributed by atoms with Crippen molar-refractivity contribution in [2.75, 3.05) is 13.2 Å². The van der Waals surface area contributed by atoms with Crippen LogP contribution in [0, 0.1) is 0 Å². The van der Waals surface area contributed by atoms with Crippen LogP contribution in [0.3, 0.4) is 0 Å². The molecule has 0 radical (unpaired) electrons. The maximum absolute atomic E-state index is 12.0. The summed E-state index contributed by atoms with van der Waals surface area (Å²) in [7, 11) is 0. The van der Waals surface area contributed by atoms with Gasteiger partial charge in [-0.2, -0.15) is 0 Å². The van der Waals surface area contributed by atoms with Gasteiger partial charge in [0.1, 0.15) is 5.75 Å². The van der Waals surface area contributed by atoms with E-state index in [0.717, 1.165) is 18.6 Å². The summed E-state index contributed by atoms with van der Waals surface area (Å²) in [5, 5.41) is 0. The van der Waals surface area contributed by atoms with Gasteiger partial charge in [0.2, 0.25) is 0 Å². The highest BCUT2D eigenvalue weighted by Gasteiger charge is 2.31. The van der Waals surface area contributed by atoms with E-state index in [9.17, 15) is 18.0 Å². The van der Waals surface area contributed by atoms with Crippen molar-refractivity contribution in [3.8, 4) is 5.75 Å². The first-order valence-corrected chi connectivity index (χ1v) is 5.89. The topological polar surface area (TPSA) is 35.5 Å². The highest BCUT2D eigenvalue weighted by Crippen LogP contribution is 2.23. The molecule has 106 valence electrons. The van der Waals surface area contributed by atoms with Crippen molar-refractivity contribution in [1.29, 1.82) is 0 Å². The van der Waals surface area contributed by atoms with Crippen molar-refractivity contribution >= 4 is 5.78 Å². The number of rotatable bonds is 7. The molecule has 0 N–H and O–H groups in total. The van der Waals surface area contributed by atoms with Crippen LogP contribution >= 0.6 is 0 Å². The number of benzene rings is 1. The molecular weight excluding hydrogens is 261 g/mol. The summed E-state index contributed by atoms with van der Waals surface area (Å²) < 4.78 is 45.0. The molecule has 1 aromatic rings. The van der Waals surface area contributed by atoms with Crippen LogP contribution < -0.4 is 4.74 Å². The van der Waals surface area contributed by atoms with Crippen molar-refractivity contribution in [2.24, 2.45) is 0 Å².